The Morgan fingerprint density at radius 1 is 1.25 bits per heavy atom. The Hall–Kier alpha value is -1.50. The molecule has 0 aromatic heterocycles. The Morgan fingerprint density at radius 2 is 1.92 bits per heavy atom. The van der Waals surface area contributed by atoms with Gasteiger partial charge >= 0.3 is 5.97 Å². The van der Waals surface area contributed by atoms with Crippen LogP contribution < -0.4 is 10.1 Å². The summed E-state index contributed by atoms with van der Waals surface area (Å²) in [5.74, 6) is -1.32. The zero-order chi connectivity index (χ0) is 18.3. The van der Waals surface area contributed by atoms with E-state index in [-0.39, 0.29) is 25.2 Å². The highest BCUT2D eigenvalue weighted by molar-refractivity contribution is 6.42. The molecule has 1 amide bonds. The van der Waals surface area contributed by atoms with Crippen LogP contribution in [-0.4, -0.2) is 41.8 Å². The number of aliphatic carboxylic acids is 1. The average molecular weight is 378 g/mol. The molecule has 24 heavy (non-hydrogen) atoms. The highest BCUT2D eigenvalue weighted by atomic mass is 35.5. The van der Waals surface area contributed by atoms with Crippen molar-refractivity contribution >= 4 is 35.1 Å². The van der Waals surface area contributed by atoms with Crippen molar-refractivity contribution in [1.29, 1.82) is 0 Å². The van der Waals surface area contributed by atoms with Crippen LogP contribution in [0.2, 0.25) is 10.0 Å². The minimum Gasteiger partial charge on any atom is -0.484 e. The lowest BCUT2D eigenvalue weighted by molar-refractivity contribution is -0.143. The number of nitrogens with one attached hydrogen (secondary N) is 1. The lowest BCUT2D eigenvalue weighted by atomic mass is 10.2. The first-order chi connectivity index (χ1) is 11.1. The van der Waals surface area contributed by atoms with Crippen LogP contribution in [0.15, 0.2) is 18.2 Å². The van der Waals surface area contributed by atoms with Crippen LogP contribution in [0, 0.1) is 0 Å². The van der Waals surface area contributed by atoms with Gasteiger partial charge in [-0.2, -0.15) is 0 Å². The molecule has 134 valence electrons. The first-order valence-electron chi connectivity index (χ1n) is 7.32. The van der Waals surface area contributed by atoms with Gasteiger partial charge in [0.15, 0.2) is 6.61 Å². The fourth-order valence-corrected chi connectivity index (χ4v) is 1.98. The Balaban J connectivity index is 2.47. The molecule has 0 spiro atoms. The van der Waals surface area contributed by atoms with Crippen LogP contribution in [0.25, 0.3) is 0 Å². The monoisotopic (exact) mass is 377 g/mol. The second-order valence-corrected chi connectivity index (χ2v) is 6.89. The Labute approximate surface area is 151 Å². The normalized spacial score (nSPS) is 12.5. The van der Waals surface area contributed by atoms with Crippen molar-refractivity contribution in [3.05, 3.63) is 28.2 Å². The number of carbonyl (C=O) groups excluding carboxylic acids is 1. The molecule has 0 fully saturated rings. The number of rotatable bonds is 8. The maximum absolute atomic E-state index is 11.8. The molecule has 0 aliphatic heterocycles. The molecule has 0 aliphatic carbocycles. The Morgan fingerprint density at radius 3 is 2.46 bits per heavy atom. The number of carbonyl (C=O) groups is 2. The molecule has 0 bridgehead atoms. The van der Waals surface area contributed by atoms with E-state index in [2.05, 4.69) is 5.32 Å². The van der Waals surface area contributed by atoms with E-state index in [4.69, 9.17) is 37.8 Å². The van der Waals surface area contributed by atoms with Gasteiger partial charge in [-0.15, -0.1) is 0 Å². The van der Waals surface area contributed by atoms with E-state index >= 15 is 0 Å². The number of amides is 1. The topological polar surface area (TPSA) is 84.9 Å². The summed E-state index contributed by atoms with van der Waals surface area (Å²) in [5, 5.41) is 12.2. The first kappa shape index (κ1) is 20.5. The largest absolute Gasteiger partial charge is 0.484 e. The number of ether oxygens (including phenoxy) is 2. The summed E-state index contributed by atoms with van der Waals surface area (Å²) >= 11 is 11.6. The molecule has 1 atom stereocenters. The van der Waals surface area contributed by atoms with Gasteiger partial charge in [0.05, 0.1) is 15.6 Å². The van der Waals surface area contributed by atoms with Crippen molar-refractivity contribution < 1.29 is 24.2 Å². The summed E-state index contributed by atoms with van der Waals surface area (Å²) in [7, 11) is 0. The van der Waals surface area contributed by atoms with E-state index in [0.29, 0.717) is 15.8 Å². The van der Waals surface area contributed by atoms with Crippen LogP contribution in [-0.2, 0) is 14.3 Å². The molecular formula is C16H21Cl2NO5. The fraction of sp³-hybridized carbons (Fsp3) is 0.500. The fourth-order valence-electron chi connectivity index (χ4n) is 1.69. The number of carboxylic acids is 1. The standard InChI is InChI=1S/C16H21Cl2NO5/c1-16(2,3)24-7-6-13(15(21)22)19-14(20)9-23-10-4-5-11(17)12(18)8-10/h4-5,8,13H,6-7,9H2,1-3H3,(H,19,20)(H,21,22). The zero-order valence-electron chi connectivity index (χ0n) is 13.8. The summed E-state index contributed by atoms with van der Waals surface area (Å²) in [4.78, 5) is 23.0. The van der Waals surface area contributed by atoms with E-state index in [1.165, 1.54) is 6.07 Å². The van der Waals surface area contributed by atoms with Crippen molar-refractivity contribution in [1.82, 2.24) is 5.32 Å². The third-order valence-corrected chi connectivity index (χ3v) is 3.57. The van der Waals surface area contributed by atoms with E-state index in [0.717, 1.165) is 0 Å². The van der Waals surface area contributed by atoms with Gasteiger partial charge in [-0.25, -0.2) is 4.79 Å². The molecule has 0 heterocycles. The van der Waals surface area contributed by atoms with Crippen molar-refractivity contribution in [3.8, 4) is 5.75 Å². The predicted octanol–water partition coefficient (Wildman–Crippen LogP) is 3.15. The van der Waals surface area contributed by atoms with Crippen LogP contribution in [0.5, 0.6) is 5.75 Å². The molecule has 1 aromatic carbocycles. The lowest BCUT2D eigenvalue weighted by Gasteiger charge is -2.21. The summed E-state index contributed by atoms with van der Waals surface area (Å²) in [5.41, 5.74) is -0.371. The second-order valence-electron chi connectivity index (χ2n) is 6.07. The number of hydrogen-bond donors (Lipinski definition) is 2. The van der Waals surface area contributed by atoms with Crippen LogP contribution in [0.4, 0.5) is 0 Å². The highest BCUT2D eigenvalue weighted by Crippen LogP contribution is 2.26. The highest BCUT2D eigenvalue weighted by Gasteiger charge is 2.21. The third-order valence-electron chi connectivity index (χ3n) is 2.84. The number of halogens is 2. The molecule has 1 rings (SSSR count). The van der Waals surface area contributed by atoms with Gasteiger partial charge in [0, 0.05) is 19.1 Å². The Bertz CT molecular complexity index is 586. The number of hydrogen-bond acceptors (Lipinski definition) is 4. The molecule has 2 N–H and O–H groups in total. The molecule has 6 nitrogen and oxygen atoms in total. The van der Waals surface area contributed by atoms with Gasteiger partial charge in [-0.1, -0.05) is 23.2 Å². The van der Waals surface area contributed by atoms with Gasteiger partial charge in [0.2, 0.25) is 0 Å². The molecule has 0 radical (unpaired) electrons. The van der Waals surface area contributed by atoms with Crippen molar-refractivity contribution in [2.24, 2.45) is 0 Å². The first-order valence-corrected chi connectivity index (χ1v) is 8.08. The molecule has 1 aromatic rings. The van der Waals surface area contributed by atoms with Crippen molar-refractivity contribution in [2.45, 2.75) is 38.8 Å². The van der Waals surface area contributed by atoms with Crippen LogP contribution in [0.1, 0.15) is 27.2 Å². The molecule has 0 saturated heterocycles. The van der Waals surface area contributed by atoms with E-state index in [9.17, 15) is 9.59 Å². The van der Waals surface area contributed by atoms with Crippen molar-refractivity contribution in [2.75, 3.05) is 13.2 Å². The molecule has 1 unspecified atom stereocenters. The SMILES string of the molecule is CC(C)(C)OCCC(NC(=O)COc1ccc(Cl)c(Cl)c1)C(=O)O. The number of carboxylic acid groups (broad SMARTS) is 1. The van der Waals surface area contributed by atoms with Gasteiger partial charge < -0.3 is 19.9 Å². The minimum atomic E-state index is -1.13. The molecule has 0 saturated carbocycles. The van der Waals surface area contributed by atoms with E-state index in [1.807, 2.05) is 20.8 Å². The van der Waals surface area contributed by atoms with Crippen LogP contribution >= 0.6 is 23.2 Å². The number of benzene rings is 1. The Kier molecular flexibility index (Phi) is 7.79. The lowest BCUT2D eigenvalue weighted by Crippen LogP contribution is -2.44. The van der Waals surface area contributed by atoms with Gasteiger partial charge in [-0.3, -0.25) is 4.79 Å². The second kappa shape index (κ2) is 9.11. The smallest absolute Gasteiger partial charge is 0.326 e. The van der Waals surface area contributed by atoms with E-state index < -0.39 is 17.9 Å². The average Bonchev–Trinajstić information content (AvgIpc) is 2.46. The third kappa shape index (κ3) is 7.86. The molecular weight excluding hydrogens is 357 g/mol. The van der Waals surface area contributed by atoms with Crippen molar-refractivity contribution in [3.63, 3.8) is 0 Å². The zero-order valence-corrected chi connectivity index (χ0v) is 15.3. The van der Waals surface area contributed by atoms with E-state index in [1.54, 1.807) is 12.1 Å². The van der Waals surface area contributed by atoms with Crippen LogP contribution in [0.3, 0.4) is 0 Å². The maximum Gasteiger partial charge on any atom is 0.326 e. The van der Waals surface area contributed by atoms with Gasteiger partial charge in [0.25, 0.3) is 5.91 Å². The predicted molar refractivity (Wildman–Crippen MR) is 91.8 cm³/mol. The summed E-state index contributed by atoms with van der Waals surface area (Å²) in [6, 6.07) is 3.54. The minimum absolute atomic E-state index is 0.158. The summed E-state index contributed by atoms with van der Waals surface area (Å²) in [6.45, 7) is 5.49. The maximum atomic E-state index is 11.8. The quantitative estimate of drug-likeness (QED) is 0.726. The summed E-state index contributed by atoms with van der Waals surface area (Å²) in [6.07, 6.45) is 0.158. The van der Waals surface area contributed by atoms with Gasteiger partial charge in [0.1, 0.15) is 11.8 Å². The molecule has 8 heteroatoms. The summed E-state index contributed by atoms with van der Waals surface area (Å²) < 4.78 is 10.7. The molecule has 0 aliphatic rings. The van der Waals surface area contributed by atoms with Gasteiger partial charge in [-0.05, 0) is 32.9 Å².